The molecule has 1 N–H and O–H groups in total. The Morgan fingerprint density at radius 2 is 2.00 bits per heavy atom. The van der Waals surface area contributed by atoms with Crippen molar-refractivity contribution in [2.45, 2.75) is 25.3 Å². The lowest BCUT2D eigenvalue weighted by molar-refractivity contribution is -0.125. The third-order valence-electron chi connectivity index (χ3n) is 3.89. The van der Waals surface area contributed by atoms with Crippen molar-refractivity contribution >= 4 is 17.2 Å². The van der Waals surface area contributed by atoms with Gasteiger partial charge >= 0.3 is 0 Å². The van der Waals surface area contributed by atoms with Crippen LogP contribution in [0.2, 0.25) is 0 Å². The standard InChI is InChI=1S/C18H19NOS/c20-18(15-10-5-2-6-11-15)19-17(16-12-7-13-21-16)14-8-3-1-4-9-14/h1-5,7-9,12-13,15,17H,6,10-11H2,(H,19,20)/t15-,17-/m0/s1. The molecule has 3 heteroatoms. The average molecular weight is 297 g/mol. The summed E-state index contributed by atoms with van der Waals surface area (Å²) in [5, 5.41) is 5.30. The van der Waals surface area contributed by atoms with Crippen molar-refractivity contribution in [2.24, 2.45) is 5.92 Å². The van der Waals surface area contributed by atoms with E-state index in [9.17, 15) is 4.79 Å². The number of benzene rings is 1. The molecule has 0 spiro atoms. The van der Waals surface area contributed by atoms with Gasteiger partial charge in [-0.2, -0.15) is 0 Å². The van der Waals surface area contributed by atoms with Crippen molar-refractivity contribution in [1.82, 2.24) is 5.32 Å². The molecule has 0 saturated carbocycles. The number of thiophene rings is 1. The number of hydrogen-bond donors (Lipinski definition) is 1. The van der Waals surface area contributed by atoms with Crippen LogP contribution in [0.1, 0.15) is 35.7 Å². The largest absolute Gasteiger partial charge is 0.344 e. The molecule has 3 rings (SSSR count). The fourth-order valence-corrected chi connectivity index (χ4v) is 3.51. The zero-order chi connectivity index (χ0) is 14.5. The quantitative estimate of drug-likeness (QED) is 0.837. The second kappa shape index (κ2) is 6.72. The van der Waals surface area contributed by atoms with Gasteiger partial charge in [0, 0.05) is 10.8 Å². The Balaban J connectivity index is 1.80. The Hall–Kier alpha value is -1.87. The fraction of sp³-hybridized carbons (Fsp3) is 0.278. The van der Waals surface area contributed by atoms with E-state index in [0.29, 0.717) is 0 Å². The Bertz CT molecular complexity index is 603. The van der Waals surface area contributed by atoms with Gasteiger partial charge in [0.1, 0.15) is 0 Å². The van der Waals surface area contributed by atoms with E-state index in [-0.39, 0.29) is 17.9 Å². The number of amides is 1. The van der Waals surface area contributed by atoms with E-state index in [1.54, 1.807) is 11.3 Å². The van der Waals surface area contributed by atoms with Gasteiger partial charge in [-0.05, 0) is 36.3 Å². The highest BCUT2D eigenvalue weighted by atomic mass is 32.1. The minimum atomic E-state index is -0.0374. The molecule has 1 heterocycles. The Kier molecular flexibility index (Phi) is 4.51. The summed E-state index contributed by atoms with van der Waals surface area (Å²) < 4.78 is 0. The molecule has 1 aliphatic rings. The smallest absolute Gasteiger partial charge is 0.224 e. The molecule has 2 nitrogen and oxygen atoms in total. The summed E-state index contributed by atoms with van der Waals surface area (Å²) in [6.45, 7) is 0. The highest BCUT2D eigenvalue weighted by Crippen LogP contribution is 2.27. The first-order chi connectivity index (χ1) is 10.3. The number of carbonyl (C=O) groups is 1. The summed E-state index contributed by atoms with van der Waals surface area (Å²) in [7, 11) is 0. The van der Waals surface area contributed by atoms with Gasteiger partial charge in [-0.25, -0.2) is 0 Å². The van der Waals surface area contributed by atoms with Crippen molar-refractivity contribution in [3.63, 3.8) is 0 Å². The molecule has 0 unspecified atom stereocenters. The van der Waals surface area contributed by atoms with Gasteiger partial charge in [-0.15, -0.1) is 11.3 Å². The molecule has 108 valence electrons. The Labute approximate surface area is 129 Å². The molecule has 1 aromatic carbocycles. The summed E-state index contributed by atoms with van der Waals surface area (Å²) in [6.07, 6.45) is 7.10. The van der Waals surface area contributed by atoms with Crippen LogP contribution in [0.15, 0.2) is 60.0 Å². The minimum absolute atomic E-state index is 0.0374. The van der Waals surface area contributed by atoms with Crippen LogP contribution >= 0.6 is 11.3 Å². The van der Waals surface area contributed by atoms with Crippen molar-refractivity contribution in [2.75, 3.05) is 0 Å². The predicted molar refractivity (Wildman–Crippen MR) is 87.2 cm³/mol. The van der Waals surface area contributed by atoms with Crippen molar-refractivity contribution in [3.05, 3.63) is 70.4 Å². The van der Waals surface area contributed by atoms with Crippen LogP contribution in [0.4, 0.5) is 0 Å². The van der Waals surface area contributed by atoms with Crippen LogP contribution in [0.25, 0.3) is 0 Å². The van der Waals surface area contributed by atoms with Gasteiger partial charge in [-0.1, -0.05) is 48.6 Å². The van der Waals surface area contributed by atoms with Crippen molar-refractivity contribution < 1.29 is 4.79 Å². The van der Waals surface area contributed by atoms with Crippen LogP contribution in [-0.4, -0.2) is 5.91 Å². The third kappa shape index (κ3) is 3.42. The third-order valence-corrected chi connectivity index (χ3v) is 4.82. The average Bonchev–Trinajstić information content (AvgIpc) is 3.08. The molecule has 1 aromatic heterocycles. The number of nitrogens with one attached hydrogen (secondary N) is 1. The van der Waals surface area contributed by atoms with E-state index in [2.05, 4.69) is 41.0 Å². The maximum Gasteiger partial charge on any atom is 0.224 e. The van der Waals surface area contributed by atoms with Gasteiger partial charge in [0.05, 0.1) is 6.04 Å². The van der Waals surface area contributed by atoms with E-state index in [4.69, 9.17) is 0 Å². The minimum Gasteiger partial charge on any atom is -0.344 e. The molecule has 0 bridgehead atoms. The number of allylic oxidation sites excluding steroid dienone is 2. The van der Waals surface area contributed by atoms with Gasteiger partial charge in [0.25, 0.3) is 0 Å². The Morgan fingerprint density at radius 1 is 1.14 bits per heavy atom. The summed E-state index contributed by atoms with van der Waals surface area (Å²) in [6, 6.07) is 14.3. The van der Waals surface area contributed by atoms with Gasteiger partial charge in [-0.3, -0.25) is 4.79 Å². The molecular weight excluding hydrogens is 278 g/mol. The topological polar surface area (TPSA) is 29.1 Å². The first-order valence-corrected chi connectivity index (χ1v) is 8.26. The number of carbonyl (C=O) groups excluding carboxylic acids is 1. The molecule has 1 amide bonds. The molecule has 2 atom stereocenters. The van der Waals surface area contributed by atoms with E-state index in [1.807, 2.05) is 24.3 Å². The van der Waals surface area contributed by atoms with Crippen LogP contribution < -0.4 is 5.32 Å². The van der Waals surface area contributed by atoms with Crippen LogP contribution in [0, 0.1) is 5.92 Å². The summed E-state index contributed by atoms with van der Waals surface area (Å²) >= 11 is 1.69. The molecule has 0 saturated heterocycles. The van der Waals surface area contributed by atoms with E-state index in [1.165, 1.54) is 4.88 Å². The SMILES string of the molecule is O=C(N[C@@H](c1ccccc1)c1cccs1)[C@H]1CC=CCC1. The van der Waals surface area contributed by atoms with Crippen molar-refractivity contribution in [1.29, 1.82) is 0 Å². The summed E-state index contributed by atoms with van der Waals surface area (Å²) in [4.78, 5) is 13.7. The van der Waals surface area contributed by atoms with E-state index < -0.39 is 0 Å². The van der Waals surface area contributed by atoms with Gasteiger partial charge < -0.3 is 5.32 Å². The molecule has 0 fully saturated rings. The van der Waals surface area contributed by atoms with Crippen molar-refractivity contribution in [3.8, 4) is 0 Å². The summed E-state index contributed by atoms with van der Waals surface area (Å²) in [5.74, 6) is 0.280. The highest BCUT2D eigenvalue weighted by molar-refractivity contribution is 7.10. The fourth-order valence-electron chi connectivity index (χ4n) is 2.71. The van der Waals surface area contributed by atoms with Gasteiger partial charge in [0.2, 0.25) is 5.91 Å². The molecule has 21 heavy (non-hydrogen) atoms. The molecule has 2 aromatic rings. The maximum absolute atomic E-state index is 12.5. The van der Waals surface area contributed by atoms with Crippen LogP contribution in [0.5, 0.6) is 0 Å². The molecule has 1 aliphatic carbocycles. The van der Waals surface area contributed by atoms with Crippen LogP contribution in [0.3, 0.4) is 0 Å². The van der Waals surface area contributed by atoms with Crippen LogP contribution in [-0.2, 0) is 4.79 Å². The normalized spacial score (nSPS) is 19.1. The Morgan fingerprint density at radius 3 is 2.67 bits per heavy atom. The second-order valence-corrected chi connectivity index (χ2v) is 6.33. The molecule has 0 radical (unpaired) electrons. The first kappa shape index (κ1) is 14.1. The summed E-state index contributed by atoms with van der Waals surface area (Å²) in [5.41, 5.74) is 1.14. The van der Waals surface area contributed by atoms with Gasteiger partial charge in [0.15, 0.2) is 0 Å². The maximum atomic E-state index is 12.5. The molecule has 0 aliphatic heterocycles. The zero-order valence-corrected chi connectivity index (χ0v) is 12.7. The molecular formula is C18H19NOS. The van der Waals surface area contributed by atoms with E-state index >= 15 is 0 Å². The van der Waals surface area contributed by atoms with E-state index in [0.717, 1.165) is 24.8 Å². The predicted octanol–water partition coefficient (Wildman–Crippen LogP) is 4.31. The highest BCUT2D eigenvalue weighted by Gasteiger charge is 2.23. The monoisotopic (exact) mass is 297 g/mol. The lowest BCUT2D eigenvalue weighted by atomic mass is 9.93. The lowest BCUT2D eigenvalue weighted by Gasteiger charge is -2.23. The second-order valence-electron chi connectivity index (χ2n) is 5.35. The zero-order valence-electron chi connectivity index (χ0n) is 11.9. The lowest BCUT2D eigenvalue weighted by Crippen LogP contribution is -2.34. The first-order valence-electron chi connectivity index (χ1n) is 7.38. The number of rotatable bonds is 4. The number of hydrogen-bond acceptors (Lipinski definition) is 2.